The van der Waals surface area contributed by atoms with Crippen LogP contribution in [0.4, 0.5) is 4.39 Å². The second-order valence-electron chi connectivity index (χ2n) is 6.28. The molecule has 1 saturated heterocycles. The molecule has 0 aliphatic carbocycles. The SMILES string of the molecule is O=C(NC1CCN(Cc2ccc(Cl)c(Cl)c2)CC1)c1ccc(F)cc1. The first-order valence-electron chi connectivity index (χ1n) is 8.24. The van der Waals surface area contributed by atoms with Gasteiger partial charge in [0.2, 0.25) is 0 Å². The number of nitrogens with one attached hydrogen (secondary N) is 1. The molecular weight excluding hydrogens is 362 g/mol. The molecule has 3 nitrogen and oxygen atoms in total. The van der Waals surface area contributed by atoms with Crippen molar-refractivity contribution in [1.82, 2.24) is 10.2 Å². The van der Waals surface area contributed by atoms with Crippen molar-refractivity contribution in [2.45, 2.75) is 25.4 Å². The number of benzene rings is 2. The minimum Gasteiger partial charge on any atom is -0.349 e. The molecule has 6 heteroatoms. The predicted molar refractivity (Wildman–Crippen MR) is 98.6 cm³/mol. The number of piperidine rings is 1. The van der Waals surface area contributed by atoms with E-state index in [-0.39, 0.29) is 17.8 Å². The molecule has 25 heavy (non-hydrogen) atoms. The molecule has 0 bridgehead atoms. The Bertz CT molecular complexity index is 744. The lowest BCUT2D eigenvalue weighted by atomic mass is 10.0. The predicted octanol–water partition coefficient (Wildman–Crippen LogP) is 4.53. The maximum atomic E-state index is 12.9. The molecule has 132 valence electrons. The smallest absolute Gasteiger partial charge is 0.251 e. The lowest BCUT2D eigenvalue weighted by molar-refractivity contribution is 0.0909. The maximum absolute atomic E-state index is 12.9. The average Bonchev–Trinajstić information content (AvgIpc) is 2.60. The third-order valence-corrected chi connectivity index (χ3v) is 5.16. The van der Waals surface area contributed by atoms with Crippen LogP contribution in [0.1, 0.15) is 28.8 Å². The van der Waals surface area contributed by atoms with Gasteiger partial charge >= 0.3 is 0 Å². The number of rotatable bonds is 4. The first-order chi connectivity index (χ1) is 12.0. The third kappa shape index (κ3) is 4.94. The number of halogens is 3. The highest BCUT2D eigenvalue weighted by Crippen LogP contribution is 2.24. The Kier molecular flexibility index (Phi) is 5.94. The number of hydrogen-bond donors (Lipinski definition) is 1. The van der Waals surface area contributed by atoms with E-state index < -0.39 is 0 Å². The van der Waals surface area contributed by atoms with Crippen LogP contribution >= 0.6 is 23.2 Å². The molecule has 0 aromatic heterocycles. The van der Waals surface area contributed by atoms with Gasteiger partial charge in [-0.1, -0.05) is 29.3 Å². The van der Waals surface area contributed by atoms with Crippen LogP contribution in [0.2, 0.25) is 10.0 Å². The summed E-state index contributed by atoms with van der Waals surface area (Å²) in [4.78, 5) is 14.5. The molecule has 1 aliphatic rings. The van der Waals surface area contributed by atoms with Gasteiger partial charge < -0.3 is 5.32 Å². The highest BCUT2D eigenvalue weighted by molar-refractivity contribution is 6.42. The number of nitrogens with zero attached hydrogens (tertiary/aromatic N) is 1. The second kappa shape index (κ2) is 8.17. The van der Waals surface area contributed by atoms with Crippen LogP contribution in [0, 0.1) is 5.82 Å². The van der Waals surface area contributed by atoms with Gasteiger partial charge in [-0.15, -0.1) is 0 Å². The summed E-state index contributed by atoms with van der Waals surface area (Å²) in [6.07, 6.45) is 1.77. The van der Waals surface area contributed by atoms with Crippen molar-refractivity contribution in [3.8, 4) is 0 Å². The van der Waals surface area contributed by atoms with Crippen molar-refractivity contribution < 1.29 is 9.18 Å². The summed E-state index contributed by atoms with van der Waals surface area (Å²) in [5.74, 6) is -0.491. The Morgan fingerprint density at radius 3 is 2.40 bits per heavy atom. The summed E-state index contributed by atoms with van der Waals surface area (Å²) >= 11 is 12.0. The van der Waals surface area contributed by atoms with Crippen LogP contribution in [0.3, 0.4) is 0 Å². The van der Waals surface area contributed by atoms with E-state index in [1.807, 2.05) is 18.2 Å². The molecule has 0 unspecified atom stereocenters. The molecule has 1 amide bonds. The van der Waals surface area contributed by atoms with Gasteiger partial charge in [-0.2, -0.15) is 0 Å². The molecule has 1 aliphatic heterocycles. The molecule has 3 rings (SSSR count). The van der Waals surface area contributed by atoms with Gasteiger partial charge in [0.05, 0.1) is 10.0 Å². The van der Waals surface area contributed by atoms with Gasteiger partial charge in [0.1, 0.15) is 5.82 Å². The summed E-state index contributed by atoms with van der Waals surface area (Å²) in [6, 6.07) is 11.4. The number of amides is 1. The normalized spacial score (nSPS) is 16.0. The summed E-state index contributed by atoms with van der Waals surface area (Å²) in [6.45, 7) is 2.61. The Morgan fingerprint density at radius 1 is 1.08 bits per heavy atom. The van der Waals surface area contributed by atoms with E-state index in [4.69, 9.17) is 23.2 Å². The molecule has 0 saturated carbocycles. The molecule has 1 heterocycles. The van der Waals surface area contributed by atoms with Crippen molar-refractivity contribution in [2.75, 3.05) is 13.1 Å². The van der Waals surface area contributed by atoms with E-state index in [0.717, 1.165) is 38.0 Å². The lowest BCUT2D eigenvalue weighted by Gasteiger charge is -2.32. The van der Waals surface area contributed by atoms with Crippen molar-refractivity contribution in [3.63, 3.8) is 0 Å². The maximum Gasteiger partial charge on any atom is 0.251 e. The van der Waals surface area contributed by atoms with E-state index in [0.29, 0.717) is 15.6 Å². The number of hydrogen-bond acceptors (Lipinski definition) is 2. The molecule has 0 atom stereocenters. The Labute approximate surface area is 156 Å². The Hall–Kier alpha value is -1.62. The molecule has 0 spiro atoms. The van der Waals surface area contributed by atoms with E-state index in [1.165, 1.54) is 24.3 Å². The summed E-state index contributed by atoms with van der Waals surface area (Å²) in [7, 11) is 0. The van der Waals surface area contributed by atoms with Crippen molar-refractivity contribution in [2.24, 2.45) is 0 Å². The minimum atomic E-state index is -0.341. The Balaban J connectivity index is 1.49. The quantitative estimate of drug-likeness (QED) is 0.844. The first-order valence-corrected chi connectivity index (χ1v) is 8.99. The van der Waals surface area contributed by atoms with E-state index in [1.54, 1.807) is 0 Å². The fraction of sp³-hybridized carbons (Fsp3) is 0.316. The van der Waals surface area contributed by atoms with Gasteiger partial charge in [-0.3, -0.25) is 9.69 Å². The molecule has 0 radical (unpaired) electrons. The largest absolute Gasteiger partial charge is 0.349 e. The molecular formula is C19H19Cl2FN2O. The van der Waals surface area contributed by atoms with Crippen molar-refractivity contribution in [1.29, 1.82) is 0 Å². The Morgan fingerprint density at radius 2 is 1.76 bits per heavy atom. The molecule has 1 fully saturated rings. The standard InChI is InChI=1S/C19H19Cl2FN2O/c20-17-6-1-13(11-18(17)21)12-24-9-7-16(8-10-24)23-19(25)14-2-4-15(22)5-3-14/h1-6,11,16H,7-10,12H2,(H,23,25). The van der Waals surface area contributed by atoms with Crippen LogP contribution in [0.15, 0.2) is 42.5 Å². The number of carbonyl (C=O) groups is 1. The van der Waals surface area contributed by atoms with Crippen molar-refractivity contribution in [3.05, 3.63) is 69.5 Å². The highest BCUT2D eigenvalue weighted by Gasteiger charge is 2.21. The monoisotopic (exact) mass is 380 g/mol. The summed E-state index contributed by atoms with van der Waals surface area (Å²) in [5, 5.41) is 4.16. The average molecular weight is 381 g/mol. The lowest BCUT2D eigenvalue weighted by Crippen LogP contribution is -2.44. The van der Waals surface area contributed by atoms with Gasteiger partial charge in [0, 0.05) is 31.2 Å². The zero-order valence-corrected chi connectivity index (χ0v) is 15.2. The first kappa shape index (κ1) is 18.2. The summed E-state index contributed by atoms with van der Waals surface area (Å²) < 4.78 is 12.9. The van der Waals surface area contributed by atoms with Crippen molar-refractivity contribution >= 4 is 29.1 Å². The van der Waals surface area contributed by atoms with Gasteiger partial charge in [-0.25, -0.2) is 4.39 Å². The van der Waals surface area contributed by atoms with Crippen LogP contribution in [0.25, 0.3) is 0 Å². The summed E-state index contributed by atoms with van der Waals surface area (Å²) in [5.41, 5.74) is 1.61. The molecule has 1 N–H and O–H groups in total. The van der Waals surface area contributed by atoms with E-state index >= 15 is 0 Å². The van der Waals surface area contributed by atoms with Crippen LogP contribution in [-0.4, -0.2) is 29.9 Å². The minimum absolute atomic E-state index is 0.141. The zero-order valence-electron chi connectivity index (χ0n) is 13.6. The molecule has 2 aromatic rings. The fourth-order valence-corrected chi connectivity index (χ4v) is 3.32. The second-order valence-corrected chi connectivity index (χ2v) is 7.09. The molecule has 2 aromatic carbocycles. The third-order valence-electron chi connectivity index (χ3n) is 4.42. The van der Waals surface area contributed by atoms with Gasteiger partial charge in [-0.05, 0) is 54.8 Å². The number of likely N-dealkylation sites (tertiary alicyclic amines) is 1. The zero-order chi connectivity index (χ0) is 17.8. The number of carbonyl (C=O) groups excluding carboxylic acids is 1. The van der Waals surface area contributed by atoms with E-state index in [2.05, 4.69) is 10.2 Å². The van der Waals surface area contributed by atoms with Gasteiger partial charge in [0.15, 0.2) is 0 Å². The highest BCUT2D eigenvalue weighted by atomic mass is 35.5. The van der Waals surface area contributed by atoms with Crippen LogP contribution in [-0.2, 0) is 6.54 Å². The topological polar surface area (TPSA) is 32.3 Å². The fourth-order valence-electron chi connectivity index (χ4n) is 3.00. The van der Waals surface area contributed by atoms with Crippen LogP contribution in [0.5, 0.6) is 0 Å². The van der Waals surface area contributed by atoms with Gasteiger partial charge in [0.25, 0.3) is 5.91 Å². The van der Waals surface area contributed by atoms with Crippen LogP contribution < -0.4 is 5.32 Å². The van der Waals surface area contributed by atoms with E-state index in [9.17, 15) is 9.18 Å².